The largest absolute Gasteiger partial charge is 0.496 e. The lowest BCUT2D eigenvalue weighted by molar-refractivity contribution is 0.0235. The zero-order chi connectivity index (χ0) is 13.9. The molecule has 1 aliphatic carbocycles. The van der Waals surface area contributed by atoms with Gasteiger partial charge in [-0.1, -0.05) is 37.3 Å². The lowest BCUT2D eigenvalue weighted by Crippen LogP contribution is -2.38. The summed E-state index contributed by atoms with van der Waals surface area (Å²) in [5, 5.41) is 11.1. The molecular weight excluding hydrogens is 264 g/mol. The van der Waals surface area contributed by atoms with E-state index in [1.54, 1.807) is 18.2 Å². The second-order valence-corrected chi connectivity index (χ2v) is 5.56. The smallest absolute Gasteiger partial charge is 0.198 e. The Kier molecular flexibility index (Phi) is 4.48. The van der Waals surface area contributed by atoms with Crippen molar-refractivity contribution in [3.8, 4) is 5.75 Å². The topological polar surface area (TPSA) is 46.5 Å². The zero-order valence-electron chi connectivity index (χ0n) is 11.1. The number of ketones is 1. The average Bonchev–Trinajstić information content (AvgIpc) is 2.63. The summed E-state index contributed by atoms with van der Waals surface area (Å²) >= 11 is 5.95. The molecule has 1 aromatic rings. The van der Waals surface area contributed by atoms with Crippen LogP contribution in [0.1, 0.15) is 48.9 Å². The molecule has 0 aromatic heterocycles. The van der Waals surface area contributed by atoms with E-state index < -0.39 is 5.60 Å². The summed E-state index contributed by atoms with van der Waals surface area (Å²) in [4.78, 5) is 12.6. The summed E-state index contributed by atoms with van der Waals surface area (Å²) in [5.41, 5.74) is -0.895. The molecule has 104 valence electrons. The van der Waals surface area contributed by atoms with Crippen molar-refractivity contribution >= 4 is 17.4 Å². The van der Waals surface area contributed by atoms with Crippen LogP contribution in [0.2, 0.25) is 5.02 Å². The van der Waals surface area contributed by atoms with Crippen molar-refractivity contribution in [1.29, 1.82) is 0 Å². The molecule has 0 unspecified atom stereocenters. The molecule has 0 atom stereocenters. The minimum Gasteiger partial charge on any atom is -0.496 e. The van der Waals surface area contributed by atoms with Crippen LogP contribution in [0.5, 0.6) is 5.75 Å². The van der Waals surface area contributed by atoms with Crippen molar-refractivity contribution in [3.05, 3.63) is 28.8 Å². The quantitative estimate of drug-likeness (QED) is 0.680. The molecule has 3 nitrogen and oxygen atoms in total. The highest BCUT2D eigenvalue weighted by Gasteiger charge is 2.37. The molecule has 1 N–H and O–H groups in total. The van der Waals surface area contributed by atoms with Gasteiger partial charge in [-0.3, -0.25) is 4.79 Å². The molecule has 0 saturated heterocycles. The first-order valence-corrected chi connectivity index (χ1v) is 7.05. The first-order chi connectivity index (χ1) is 9.07. The predicted molar refractivity (Wildman–Crippen MR) is 75.0 cm³/mol. The van der Waals surface area contributed by atoms with Crippen LogP contribution in [0.3, 0.4) is 0 Å². The summed E-state index contributed by atoms with van der Waals surface area (Å²) in [7, 11) is 1.51. The predicted octanol–water partition coefficient (Wildman–Crippen LogP) is 3.62. The Bertz CT molecular complexity index is 462. The molecular formula is C15H19ClO3. The third-order valence-electron chi connectivity index (χ3n) is 3.76. The summed E-state index contributed by atoms with van der Waals surface area (Å²) in [5.74, 6) is 0.195. The van der Waals surface area contributed by atoms with Gasteiger partial charge in [-0.2, -0.15) is 0 Å². The molecule has 0 spiro atoms. The van der Waals surface area contributed by atoms with Gasteiger partial charge in [0.25, 0.3) is 0 Å². The van der Waals surface area contributed by atoms with E-state index in [0.29, 0.717) is 29.2 Å². The maximum absolute atomic E-state index is 12.6. The fourth-order valence-corrected chi connectivity index (χ4v) is 2.82. The van der Waals surface area contributed by atoms with Crippen LogP contribution < -0.4 is 4.74 Å². The van der Waals surface area contributed by atoms with Gasteiger partial charge in [-0.25, -0.2) is 0 Å². The van der Waals surface area contributed by atoms with Crippen LogP contribution in [0, 0.1) is 0 Å². The molecule has 1 saturated carbocycles. The molecule has 4 heteroatoms. The fourth-order valence-electron chi connectivity index (χ4n) is 2.65. The van der Waals surface area contributed by atoms with Crippen molar-refractivity contribution in [3.63, 3.8) is 0 Å². The number of carbonyl (C=O) groups excluding carboxylic acids is 1. The number of carbonyl (C=O) groups is 1. The van der Waals surface area contributed by atoms with Crippen molar-refractivity contribution in [1.82, 2.24) is 0 Å². The molecule has 0 aliphatic heterocycles. The molecule has 1 aliphatic rings. The minimum absolute atomic E-state index is 0.270. The van der Waals surface area contributed by atoms with E-state index in [9.17, 15) is 9.90 Å². The molecule has 1 aromatic carbocycles. The van der Waals surface area contributed by atoms with E-state index in [0.717, 1.165) is 25.7 Å². The Hall–Kier alpha value is -1.06. The third kappa shape index (κ3) is 3.10. The Balaban J connectivity index is 2.34. The SMILES string of the molecule is COc1ccc(Cl)cc1C(=O)C1(O)CCCCCC1. The first kappa shape index (κ1) is 14.4. The number of methoxy groups -OCH3 is 1. The van der Waals surface area contributed by atoms with Crippen molar-refractivity contribution < 1.29 is 14.6 Å². The number of aliphatic hydroxyl groups is 1. The van der Waals surface area contributed by atoms with Crippen LogP contribution in [0.15, 0.2) is 18.2 Å². The molecule has 2 rings (SSSR count). The van der Waals surface area contributed by atoms with Crippen LogP contribution in [0.25, 0.3) is 0 Å². The van der Waals surface area contributed by atoms with E-state index in [2.05, 4.69) is 0 Å². The Morgan fingerprint density at radius 3 is 2.47 bits per heavy atom. The third-order valence-corrected chi connectivity index (χ3v) is 3.99. The number of halogens is 1. The van der Waals surface area contributed by atoms with Gasteiger partial charge in [0, 0.05) is 5.02 Å². The maximum Gasteiger partial charge on any atom is 0.198 e. The Morgan fingerprint density at radius 1 is 1.26 bits per heavy atom. The second kappa shape index (κ2) is 5.93. The van der Waals surface area contributed by atoms with E-state index in [1.807, 2.05) is 0 Å². The Labute approximate surface area is 118 Å². The van der Waals surface area contributed by atoms with Crippen LogP contribution in [0.4, 0.5) is 0 Å². The lowest BCUT2D eigenvalue weighted by atomic mass is 9.86. The molecule has 1 fully saturated rings. The average molecular weight is 283 g/mol. The number of ether oxygens (including phenoxy) is 1. The number of Topliss-reactive ketones (excluding diaryl/α,β-unsaturated/α-hetero) is 1. The van der Waals surface area contributed by atoms with Gasteiger partial charge in [0.1, 0.15) is 11.4 Å². The molecule has 0 amide bonds. The van der Waals surface area contributed by atoms with Gasteiger partial charge >= 0.3 is 0 Å². The number of hydrogen-bond acceptors (Lipinski definition) is 3. The molecule has 0 bridgehead atoms. The van der Waals surface area contributed by atoms with Crippen LogP contribution in [-0.2, 0) is 0 Å². The van der Waals surface area contributed by atoms with Crippen LogP contribution >= 0.6 is 11.6 Å². The van der Waals surface area contributed by atoms with E-state index >= 15 is 0 Å². The molecule has 0 heterocycles. The highest BCUT2D eigenvalue weighted by Crippen LogP contribution is 2.33. The van der Waals surface area contributed by atoms with Crippen molar-refractivity contribution in [2.45, 2.75) is 44.1 Å². The Morgan fingerprint density at radius 2 is 1.89 bits per heavy atom. The number of hydrogen-bond donors (Lipinski definition) is 1. The number of benzene rings is 1. The van der Waals surface area contributed by atoms with Crippen molar-refractivity contribution in [2.75, 3.05) is 7.11 Å². The van der Waals surface area contributed by atoms with Gasteiger partial charge in [0.2, 0.25) is 0 Å². The number of rotatable bonds is 3. The van der Waals surface area contributed by atoms with E-state index in [4.69, 9.17) is 16.3 Å². The van der Waals surface area contributed by atoms with Crippen LogP contribution in [-0.4, -0.2) is 23.6 Å². The van der Waals surface area contributed by atoms with E-state index in [1.165, 1.54) is 7.11 Å². The second-order valence-electron chi connectivity index (χ2n) is 5.12. The monoisotopic (exact) mass is 282 g/mol. The molecule has 19 heavy (non-hydrogen) atoms. The summed E-state index contributed by atoms with van der Waals surface area (Å²) in [6.45, 7) is 0. The first-order valence-electron chi connectivity index (χ1n) is 6.67. The highest BCUT2D eigenvalue weighted by molar-refractivity contribution is 6.31. The zero-order valence-corrected chi connectivity index (χ0v) is 11.9. The van der Waals surface area contributed by atoms with Gasteiger partial charge in [-0.15, -0.1) is 0 Å². The standard InChI is InChI=1S/C15H19ClO3/c1-19-13-7-6-11(16)10-12(13)14(17)15(18)8-4-2-3-5-9-15/h6-7,10,18H,2-5,8-9H2,1H3. The highest BCUT2D eigenvalue weighted by atomic mass is 35.5. The van der Waals surface area contributed by atoms with Gasteiger partial charge in [0.15, 0.2) is 5.78 Å². The summed E-state index contributed by atoms with van der Waals surface area (Å²) < 4.78 is 5.20. The van der Waals surface area contributed by atoms with Crippen molar-refractivity contribution in [2.24, 2.45) is 0 Å². The fraction of sp³-hybridized carbons (Fsp3) is 0.533. The summed E-state index contributed by atoms with van der Waals surface area (Å²) in [6, 6.07) is 4.91. The maximum atomic E-state index is 12.6. The van der Waals surface area contributed by atoms with Gasteiger partial charge in [-0.05, 0) is 31.0 Å². The lowest BCUT2D eigenvalue weighted by Gasteiger charge is -2.25. The van der Waals surface area contributed by atoms with Gasteiger partial charge < -0.3 is 9.84 Å². The van der Waals surface area contributed by atoms with E-state index in [-0.39, 0.29) is 5.78 Å². The van der Waals surface area contributed by atoms with Gasteiger partial charge in [0.05, 0.1) is 12.7 Å². The molecule has 0 radical (unpaired) electrons. The summed E-state index contributed by atoms with van der Waals surface area (Å²) in [6.07, 6.45) is 4.93. The normalized spacial score (nSPS) is 18.7. The minimum atomic E-state index is -1.27.